The molecule has 0 saturated heterocycles. The minimum absolute atomic E-state index is 0.579. The number of aryl methyl sites for hydroxylation is 1. The van der Waals surface area contributed by atoms with Gasteiger partial charge in [-0.2, -0.15) is 10.4 Å². The second kappa shape index (κ2) is 9.27. The predicted octanol–water partition coefficient (Wildman–Crippen LogP) is 1.84. The molecule has 1 aromatic rings. The molecule has 0 bridgehead atoms. The molecular weight excluding hydrogens is 268 g/mol. The molecule has 0 aromatic carbocycles. The Bertz CT molecular complexity index is 475. The lowest BCUT2D eigenvalue weighted by molar-refractivity contribution is 0.141. The zero-order valence-electron chi connectivity index (χ0n) is 13.3. The number of hydrogen-bond donors (Lipinski definition) is 0. The Morgan fingerprint density at radius 1 is 1.05 bits per heavy atom. The van der Waals surface area contributed by atoms with Crippen molar-refractivity contribution < 1.29 is 9.47 Å². The normalized spacial score (nSPS) is 10.4. The molecule has 0 aliphatic carbocycles. The van der Waals surface area contributed by atoms with Crippen LogP contribution >= 0.6 is 0 Å². The van der Waals surface area contributed by atoms with E-state index in [0.717, 1.165) is 11.3 Å². The van der Waals surface area contributed by atoms with Gasteiger partial charge >= 0.3 is 0 Å². The highest BCUT2D eigenvalue weighted by Crippen LogP contribution is 2.21. The molecular formula is C15H24N4O2. The fourth-order valence-electron chi connectivity index (χ4n) is 1.91. The number of rotatable bonds is 9. The van der Waals surface area contributed by atoms with Gasteiger partial charge in [-0.15, -0.1) is 5.10 Å². The fourth-order valence-corrected chi connectivity index (χ4v) is 1.91. The van der Waals surface area contributed by atoms with E-state index in [1.54, 1.807) is 0 Å². The van der Waals surface area contributed by atoms with Crippen molar-refractivity contribution in [2.45, 2.75) is 27.7 Å². The Kier molecular flexibility index (Phi) is 7.65. The van der Waals surface area contributed by atoms with Gasteiger partial charge in [0, 0.05) is 26.3 Å². The lowest BCUT2D eigenvalue weighted by Crippen LogP contribution is -2.33. The average Bonchev–Trinajstić information content (AvgIpc) is 2.49. The van der Waals surface area contributed by atoms with Crippen LogP contribution in [0.3, 0.4) is 0 Å². The van der Waals surface area contributed by atoms with Crippen molar-refractivity contribution in [2.24, 2.45) is 0 Å². The van der Waals surface area contributed by atoms with Crippen molar-refractivity contribution in [3.63, 3.8) is 0 Å². The van der Waals surface area contributed by atoms with Crippen LogP contribution in [-0.4, -0.2) is 49.7 Å². The molecule has 0 aliphatic rings. The molecule has 0 amide bonds. The summed E-state index contributed by atoms with van der Waals surface area (Å²) in [6.07, 6.45) is 0. The van der Waals surface area contributed by atoms with E-state index in [2.05, 4.69) is 16.3 Å². The predicted molar refractivity (Wildman–Crippen MR) is 81.4 cm³/mol. The highest BCUT2D eigenvalue weighted by atomic mass is 16.5. The van der Waals surface area contributed by atoms with Crippen molar-refractivity contribution in [1.29, 1.82) is 5.26 Å². The average molecular weight is 292 g/mol. The van der Waals surface area contributed by atoms with Crippen molar-refractivity contribution in [3.05, 3.63) is 16.8 Å². The third-order valence-corrected chi connectivity index (χ3v) is 3.27. The van der Waals surface area contributed by atoms with Crippen LogP contribution in [0.25, 0.3) is 0 Å². The molecule has 0 aliphatic heterocycles. The first-order chi connectivity index (χ1) is 10.2. The van der Waals surface area contributed by atoms with Gasteiger partial charge in [-0.25, -0.2) is 0 Å². The minimum Gasteiger partial charge on any atom is -0.380 e. The number of nitriles is 1. The highest BCUT2D eigenvalue weighted by molar-refractivity contribution is 5.57. The number of aromatic nitrogens is 2. The summed E-state index contributed by atoms with van der Waals surface area (Å²) in [4.78, 5) is 2.00. The molecule has 0 unspecified atom stereocenters. The molecule has 0 spiro atoms. The number of ether oxygens (including phenoxy) is 2. The van der Waals surface area contributed by atoms with Gasteiger partial charge in [0.2, 0.25) is 0 Å². The monoisotopic (exact) mass is 292 g/mol. The first-order valence-electron chi connectivity index (χ1n) is 7.30. The van der Waals surface area contributed by atoms with E-state index in [1.807, 2.05) is 32.6 Å². The lowest BCUT2D eigenvalue weighted by atomic mass is 10.1. The summed E-state index contributed by atoms with van der Waals surface area (Å²) in [7, 11) is 0. The Labute approximate surface area is 126 Å². The number of hydrogen-bond acceptors (Lipinski definition) is 6. The quantitative estimate of drug-likeness (QED) is 0.647. The molecule has 1 rings (SSSR count). The summed E-state index contributed by atoms with van der Waals surface area (Å²) >= 11 is 0. The van der Waals surface area contributed by atoms with Gasteiger partial charge in [0.05, 0.1) is 18.9 Å². The van der Waals surface area contributed by atoms with Gasteiger partial charge in [-0.05, 0) is 33.3 Å². The molecule has 21 heavy (non-hydrogen) atoms. The summed E-state index contributed by atoms with van der Waals surface area (Å²) in [5.41, 5.74) is 2.24. The second-order valence-electron chi connectivity index (χ2n) is 4.60. The first kappa shape index (κ1) is 17.3. The van der Waals surface area contributed by atoms with E-state index in [9.17, 15) is 5.26 Å². The SMILES string of the molecule is CCOCCN(CCOCC)c1nnc(C)c(C)c1C#N. The number of anilines is 1. The van der Waals surface area contributed by atoms with Crippen LogP contribution in [0.4, 0.5) is 5.82 Å². The maximum Gasteiger partial charge on any atom is 0.169 e. The van der Waals surface area contributed by atoms with E-state index in [4.69, 9.17) is 9.47 Å². The van der Waals surface area contributed by atoms with Crippen LogP contribution in [-0.2, 0) is 9.47 Å². The highest BCUT2D eigenvalue weighted by Gasteiger charge is 2.17. The van der Waals surface area contributed by atoms with Crippen molar-refractivity contribution >= 4 is 5.82 Å². The van der Waals surface area contributed by atoms with Crippen molar-refractivity contribution in [3.8, 4) is 6.07 Å². The van der Waals surface area contributed by atoms with Crippen LogP contribution in [0.5, 0.6) is 0 Å². The van der Waals surface area contributed by atoms with E-state index in [-0.39, 0.29) is 0 Å². The fraction of sp³-hybridized carbons (Fsp3) is 0.667. The molecule has 0 atom stereocenters. The maximum atomic E-state index is 9.41. The van der Waals surface area contributed by atoms with Gasteiger partial charge in [0.25, 0.3) is 0 Å². The summed E-state index contributed by atoms with van der Waals surface area (Å²) in [5.74, 6) is 0.611. The summed E-state index contributed by atoms with van der Waals surface area (Å²) in [5, 5.41) is 17.8. The molecule has 1 aromatic heterocycles. The Hall–Kier alpha value is -1.71. The van der Waals surface area contributed by atoms with Crippen LogP contribution in [0.2, 0.25) is 0 Å². The van der Waals surface area contributed by atoms with Gasteiger partial charge in [-0.3, -0.25) is 0 Å². The zero-order chi connectivity index (χ0) is 15.7. The van der Waals surface area contributed by atoms with Crippen molar-refractivity contribution in [2.75, 3.05) is 44.4 Å². The van der Waals surface area contributed by atoms with E-state index < -0.39 is 0 Å². The van der Waals surface area contributed by atoms with E-state index in [0.29, 0.717) is 50.9 Å². The van der Waals surface area contributed by atoms with Gasteiger partial charge < -0.3 is 14.4 Å². The molecule has 0 fully saturated rings. The minimum atomic E-state index is 0.579. The number of nitrogens with zero attached hydrogens (tertiary/aromatic N) is 4. The van der Waals surface area contributed by atoms with Gasteiger partial charge in [-0.1, -0.05) is 0 Å². The first-order valence-corrected chi connectivity index (χ1v) is 7.30. The zero-order valence-corrected chi connectivity index (χ0v) is 13.3. The van der Waals surface area contributed by atoms with E-state index in [1.165, 1.54) is 0 Å². The molecule has 116 valence electrons. The van der Waals surface area contributed by atoms with Crippen LogP contribution < -0.4 is 4.90 Å². The summed E-state index contributed by atoms with van der Waals surface area (Å²) in [6.45, 7) is 11.5. The molecule has 0 saturated carbocycles. The lowest BCUT2D eigenvalue weighted by Gasteiger charge is -2.24. The van der Waals surface area contributed by atoms with Crippen LogP contribution in [0.15, 0.2) is 0 Å². The summed E-state index contributed by atoms with van der Waals surface area (Å²) < 4.78 is 10.8. The Morgan fingerprint density at radius 2 is 1.62 bits per heavy atom. The smallest absolute Gasteiger partial charge is 0.169 e. The molecule has 1 heterocycles. The second-order valence-corrected chi connectivity index (χ2v) is 4.60. The summed E-state index contributed by atoms with van der Waals surface area (Å²) in [6, 6.07) is 2.24. The van der Waals surface area contributed by atoms with Crippen LogP contribution in [0.1, 0.15) is 30.7 Å². The molecule has 0 N–H and O–H groups in total. The third kappa shape index (κ3) is 4.96. The molecule has 6 nitrogen and oxygen atoms in total. The third-order valence-electron chi connectivity index (χ3n) is 3.27. The Morgan fingerprint density at radius 3 is 2.10 bits per heavy atom. The van der Waals surface area contributed by atoms with E-state index >= 15 is 0 Å². The Balaban J connectivity index is 2.95. The van der Waals surface area contributed by atoms with Crippen molar-refractivity contribution in [1.82, 2.24) is 10.2 Å². The maximum absolute atomic E-state index is 9.41. The van der Waals surface area contributed by atoms with Gasteiger partial charge in [0.1, 0.15) is 11.6 Å². The topological polar surface area (TPSA) is 71.3 Å². The standard InChI is InChI=1S/C15H24N4O2/c1-5-20-9-7-19(8-10-21-6-2)15-14(11-16)12(3)13(4)17-18-15/h5-10H2,1-4H3. The largest absolute Gasteiger partial charge is 0.380 e. The molecule has 0 radical (unpaired) electrons. The van der Waals surface area contributed by atoms with Gasteiger partial charge in [0.15, 0.2) is 5.82 Å². The van der Waals surface area contributed by atoms with Crippen LogP contribution in [0, 0.1) is 25.2 Å². The molecule has 6 heteroatoms.